The van der Waals surface area contributed by atoms with Gasteiger partial charge in [0.25, 0.3) is 0 Å². The molecule has 1 amide bonds. The van der Waals surface area contributed by atoms with Gasteiger partial charge in [-0.15, -0.1) is 11.3 Å². The number of carbonyl (C=O) groups is 1. The topological polar surface area (TPSA) is 58.4 Å². The van der Waals surface area contributed by atoms with Gasteiger partial charge in [-0.1, -0.05) is 36.4 Å². The first-order valence-electron chi connectivity index (χ1n) is 9.02. The first kappa shape index (κ1) is 18.1. The molecule has 0 bridgehead atoms. The van der Waals surface area contributed by atoms with Gasteiger partial charge in [0.15, 0.2) is 0 Å². The minimum Gasteiger partial charge on any atom is -0.356 e. The largest absolute Gasteiger partial charge is 0.356 e. The van der Waals surface area contributed by atoms with Crippen LogP contribution in [0.25, 0.3) is 0 Å². The normalized spacial score (nSPS) is 17.3. The fraction of sp³-hybridized carbons (Fsp3) is 0.450. The summed E-state index contributed by atoms with van der Waals surface area (Å²) in [4.78, 5) is 16.1. The van der Waals surface area contributed by atoms with Crippen molar-refractivity contribution in [3.8, 4) is 0 Å². The van der Waals surface area contributed by atoms with E-state index in [0.29, 0.717) is 12.3 Å². The van der Waals surface area contributed by atoms with Gasteiger partial charge in [-0.3, -0.25) is 9.69 Å². The van der Waals surface area contributed by atoms with Crippen molar-refractivity contribution in [3.05, 3.63) is 58.3 Å². The van der Waals surface area contributed by atoms with E-state index >= 15 is 0 Å². The van der Waals surface area contributed by atoms with Gasteiger partial charge in [0.2, 0.25) is 5.91 Å². The lowest BCUT2D eigenvalue weighted by molar-refractivity contribution is -0.121. The van der Waals surface area contributed by atoms with Crippen LogP contribution in [0, 0.1) is 5.92 Å². The van der Waals surface area contributed by atoms with Crippen LogP contribution in [0.4, 0.5) is 0 Å². The zero-order valence-corrected chi connectivity index (χ0v) is 15.4. The van der Waals surface area contributed by atoms with E-state index in [-0.39, 0.29) is 11.9 Å². The minimum atomic E-state index is -0.228. The zero-order chi connectivity index (χ0) is 17.5. The number of carbonyl (C=O) groups excluding carboxylic acids is 1. The molecule has 1 aliphatic heterocycles. The summed E-state index contributed by atoms with van der Waals surface area (Å²) in [6.45, 7) is 4.06. The van der Waals surface area contributed by atoms with Crippen LogP contribution >= 0.6 is 11.3 Å². The highest BCUT2D eigenvalue weighted by atomic mass is 32.1. The molecule has 5 heteroatoms. The number of rotatable bonds is 7. The summed E-state index contributed by atoms with van der Waals surface area (Å²) >= 11 is 1.82. The molecule has 2 aromatic rings. The van der Waals surface area contributed by atoms with Gasteiger partial charge in [0, 0.05) is 30.4 Å². The molecule has 1 aliphatic rings. The molecule has 0 radical (unpaired) electrons. The van der Waals surface area contributed by atoms with Crippen LogP contribution in [-0.2, 0) is 11.3 Å². The number of likely N-dealkylation sites (tertiary alicyclic amines) is 1. The van der Waals surface area contributed by atoms with Gasteiger partial charge in [-0.25, -0.2) is 0 Å². The number of benzene rings is 1. The van der Waals surface area contributed by atoms with Crippen LogP contribution < -0.4 is 11.1 Å². The van der Waals surface area contributed by atoms with Crippen LogP contribution in [0.3, 0.4) is 0 Å². The van der Waals surface area contributed by atoms with Crippen molar-refractivity contribution in [1.82, 2.24) is 10.2 Å². The molecule has 4 nitrogen and oxygen atoms in total. The van der Waals surface area contributed by atoms with E-state index in [1.807, 2.05) is 41.7 Å². The molecule has 1 aromatic heterocycles. The van der Waals surface area contributed by atoms with Crippen molar-refractivity contribution in [2.75, 3.05) is 19.6 Å². The van der Waals surface area contributed by atoms with Crippen molar-refractivity contribution in [1.29, 1.82) is 0 Å². The quantitative estimate of drug-likeness (QED) is 0.800. The number of nitrogens with zero attached hydrogens (tertiary/aromatic N) is 1. The third kappa shape index (κ3) is 5.66. The van der Waals surface area contributed by atoms with Crippen LogP contribution in [0.15, 0.2) is 47.8 Å². The molecule has 3 rings (SSSR count). The Hall–Kier alpha value is -1.69. The second-order valence-corrected chi connectivity index (χ2v) is 7.86. The number of hydrogen-bond donors (Lipinski definition) is 2. The van der Waals surface area contributed by atoms with E-state index in [0.717, 1.165) is 44.6 Å². The van der Waals surface area contributed by atoms with Crippen molar-refractivity contribution >= 4 is 17.2 Å². The van der Waals surface area contributed by atoms with E-state index in [2.05, 4.69) is 27.7 Å². The Balaban J connectivity index is 1.34. The minimum absolute atomic E-state index is 0.0531. The average molecular weight is 358 g/mol. The SMILES string of the molecule is NC(CC(=O)NCC1CCN(Cc2cccs2)CC1)c1ccccc1. The van der Waals surface area contributed by atoms with E-state index in [4.69, 9.17) is 5.73 Å². The Bertz CT molecular complexity index is 636. The van der Waals surface area contributed by atoms with Crippen molar-refractivity contribution in [3.63, 3.8) is 0 Å². The van der Waals surface area contributed by atoms with E-state index in [1.165, 1.54) is 4.88 Å². The molecule has 0 saturated carbocycles. The molecule has 134 valence electrons. The lowest BCUT2D eigenvalue weighted by atomic mass is 9.96. The van der Waals surface area contributed by atoms with E-state index in [1.54, 1.807) is 0 Å². The third-order valence-corrected chi connectivity index (χ3v) is 5.75. The Kier molecular flexibility index (Phi) is 6.62. The maximum Gasteiger partial charge on any atom is 0.221 e. The van der Waals surface area contributed by atoms with Crippen molar-refractivity contribution < 1.29 is 4.79 Å². The number of thiophene rings is 1. The Morgan fingerprint density at radius 1 is 1.20 bits per heavy atom. The zero-order valence-electron chi connectivity index (χ0n) is 14.6. The first-order chi connectivity index (χ1) is 12.2. The van der Waals surface area contributed by atoms with Gasteiger partial charge in [0.05, 0.1) is 0 Å². The Labute approximate surface area is 154 Å². The predicted molar refractivity (Wildman–Crippen MR) is 103 cm³/mol. The number of amides is 1. The maximum absolute atomic E-state index is 12.1. The Morgan fingerprint density at radius 3 is 2.64 bits per heavy atom. The summed E-state index contributed by atoms with van der Waals surface area (Å²) in [5.74, 6) is 0.633. The molecule has 1 fully saturated rings. The van der Waals surface area contributed by atoms with Gasteiger partial charge in [0.1, 0.15) is 0 Å². The summed E-state index contributed by atoms with van der Waals surface area (Å²) in [7, 11) is 0. The molecule has 0 spiro atoms. The highest BCUT2D eigenvalue weighted by molar-refractivity contribution is 7.09. The molecule has 3 N–H and O–H groups in total. The highest BCUT2D eigenvalue weighted by Crippen LogP contribution is 2.20. The fourth-order valence-electron chi connectivity index (χ4n) is 3.32. The summed E-state index contributed by atoms with van der Waals surface area (Å²) in [6.07, 6.45) is 2.65. The molecule has 2 heterocycles. The Morgan fingerprint density at radius 2 is 1.96 bits per heavy atom. The molecular weight excluding hydrogens is 330 g/mol. The van der Waals surface area contributed by atoms with E-state index < -0.39 is 0 Å². The summed E-state index contributed by atoms with van der Waals surface area (Å²) in [6, 6.07) is 13.9. The lowest BCUT2D eigenvalue weighted by Gasteiger charge is -2.31. The molecule has 25 heavy (non-hydrogen) atoms. The van der Waals surface area contributed by atoms with Crippen LogP contribution in [-0.4, -0.2) is 30.4 Å². The molecule has 1 unspecified atom stereocenters. The van der Waals surface area contributed by atoms with Gasteiger partial charge in [-0.05, 0) is 48.9 Å². The molecule has 1 saturated heterocycles. The maximum atomic E-state index is 12.1. The number of nitrogens with two attached hydrogens (primary N) is 1. The lowest BCUT2D eigenvalue weighted by Crippen LogP contribution is -2.38. The second kappa shape index (κ2) is 9.13. The van der Waals surface area contributed by atoms with E-state index in [9.17, 15) is 4.79 Å². The fourth-order valence-corrected chi connectivity index (χ4v) is 4.07. The number of piperidine rings is 1. The third-order valence-electron chi connectivity index (χ3n) is 4.89. The van der Waals surface area contributed by atoms with Crippen LogP contribution in [0.1, 0.15) is 35.7 Å². The van der Waals surface area contributed by atoms with Crippen molar-refractivity contribution in [2.45, 2.75) is 31.8 Å². The summed E-state index contributed by atoms with van der Waals surface area (Å²) in [5, 5.41) is 5.21. The van der Waals surface area contributed by atoms with Gasteiger partial charge < -0.3 is 11.1 Å². The standard InChI is InChI=1S/C20H27N3OS/c21-19(17-5-2-1-3-6-17)13-20(24)22-14-16-8-10-23(11-9-16)15-18-7-4-12-25-18/h1-7,12,16,19H,8-11,13-15,21H2,(H,22,24). The first-order valence-corrected chi connectivity index (χ1v) is 9.90. The monoisotopic (exact) mass is 357 g/mol. The van der Waals surface area contributed by atoms with Crippen molar-refractivity contribution in [2.24, 2.45) is 11.7 Å². The smallest absolute Gasteiger partial charge is 0.221 e. The molecule has 1 aromatic carbocycles. The van der Waals surface area contributed by atoms with Crippen LogP contribution in [0.2, 0.25) is 0 Å². The second-order valence-electron chi connectivity index (χ2n) is 6.82. The summed E-state index contributed by atoms with van der Waals surface area (Å²) in [5.41, 5.74) is 7.13. The average Bonchev–Trinajstić information content (AvgIpc) is 3.15. The van der Waals surface area contributed by atoms with Gasteiger partial charge in [-0.2, -0.15) is 0 Å². The molecule has 0 aliphatic carbocycles. The predicted octanol–water partition coefficient (Wildman–Crippen LogP) is 3.17. The summed E-state index contributed by atoms with van der Waals surface area (Å²) < 4.78 is 0. The number of nitrogens with one attached hydrogen (secondary N) is 1. The highest BCUT2D eigenvalue weighted by Gasteiger charge is 2.20. The van der Waals surface area contributed by atoms with Gasteiger partial charge >= 0.3 is 0 Å². The number of hydrogen-bond acceptors (Lipinski definition) is 4. The molecule has 1 atom stereocenters. The molecular formula is C20H27N3OS. The van der Waals surface area contributed by atoms with Crippen LogP contribution in [0.5, 0.6) is 0 Å².